The van der Waals surface area contributed by atoms with Crippen molar-refractivity contribution in [2.24, 2.45) is 0 Å². The highest BCUT2D eigenvalue weighted by molar-refractivity contribution is 6.30. The SMILES string of the molecule is O=Cc1c(-c2ccc(Cl)cc2)cn2ccccc12. The maximum atomic E-state index is 11.3. The molecule has 0 spiro atoms. The molecule has 0 saturated carbocycles. The van der Waals surface area contributed by atoms with Gasteiger partial charge in [-0.3, -0.25) is 4.79 Å². The Hall–Kier alpha value is -2.06. The van der Waals surface area contributed by atoms with E-state index in [9.17, 15) is 4.79 Å². The van der Waals surface area contributed by atoms with E-state index in [1.807, 2.05) is 59.3 Å². The second-order valence-electron chi connectivity index (χ2n) is 4.07. The molecule has 3 heteroatoms. The third-order valence-corrected chi connectivity index (χ3v) is 3.25. The molecule has 0 aliphatic rings. The van der Waals surface area contributed by atoms with Gasteiger partial charge in [-0.1, -0.05) is 29.8 Å². The highest BCUT2D eigenvalue weighted by atomic mass is 35.5. The molecule has 2 nitrogen and oxygen atoms in total. The topological polar surface area (TPSA) is 21.5 Å². The number of fused-ring (bicyclic) bond motifs is 1. The van der Waals surface area contributed by atoms with Gasteiger partial charge in [-0.2, -0.15) is 0 Å². The van der Waals surface area contributed by atoms with E-state index in [4.69, 9.17) is 11.6 Å². The van der Waals surface area contributed by atoms with Crippen LogP contribution in [0.2, 0.25) is 5.02 Å². The first-order valence-electron chi connectivity index (χ1n) is 5.60. The third kappa shape index (κ3) is 1.71. The molecule has 0 aliphatic heterocycles. The van der Waals surface area contributed by atoms with Crippen LogP contribution in [0.3, 0.4) is 0 Å². The molecule has 2 heterocycles. The standard InChI is InChI=1S/C15H10ClNO/c16-12-6-4-11(5-7-12)13-9-17-8-2-1-3-15(17)14(13)10-18/h1-10H. The minimum absolute atomic E-state index is 0.690. The number of halogens is 1. The fourth-order valence-electron chi connectivity index (χ4n) is 2.13. The summed E-state index contributed by atoms with van der Waals surface area (Å²) >= 11 is 5.88. The van der Waals surface area contributed by atoms with Gasteiger partial charge in [0.1, 0.15) is 0 Å². The summed E-state index contributed by atoms with van der Waals surface area (Å²) < 4.78 is 1.95. The van der Waals surface area contributed by atoms with Crippen LogP contribution in [0.25, 0.3) is 16.6 Å². The maximum Gasteiger partial charge on any atom is 0.152 e. The molecule has 3 rings (SSSR count). The predicted molar refractivity (Wildman–Crippen MR) is 73.2 cm³/mol. The van der Waals surface area contributed by atoms with Crippen molar-refractivity contribution in [3.63, 3.8) is 0 Å². The molecular weight excluding hydrogens is 246 g/mol. The highest BCUT2D eigenvalue weighted by Crippen LogP contribution is 2.28. The highest BCUT2D eigenvalue weighted by Gasteiger charge is 2.10. The van der Waals surface area contributed by atoms with E-state index in [2.05, 4.69) is 0 Å². The molecule has 3 aromatic rings. The maximum absolute atomic E-state index is 11.3. The van der Waals surface area contributed by atoms with Crippen molar-refractivity contribution in [3.05, 3.63) is 65.4 Å². The number of hydrogen-bond donors (Lipinski definition) is 0. The van der Waals surface area contributed by atoms with Crippen molar-refractivity contribution in [1.82, 2.24) is 4.40 Å². The van der Waals surface area contributed by atoms with Crippen molar-refractivity contribution in [2.75, 3.05) is 0 Å². The van der Waals surface area contributed by atoms with E-state index >= 15 is 0 Å². The van der Waals surface area contributed by atoms with E-state index in [-0.39, 0.29) is 0 Å². The van der Waals surface area contributed by atoms with Crippen LogP contribution in [-0.4, -0.2) is 10.7 Å². The molecule has 0 saturated heterocycles. The third-order valence-electron chi connectivity index (χ3n) is 3.00. The summed E-state index contributed by atoms with van der Waals surface area (Å²) in [5.41, 5.74) is 3.54. The lowest BCUT2D eigenvalue weighted by Gasteiger charge is -1.99. The van der Waals surface area contributed by atoms with Gasteiger partial charge in [0.15, 0.2) is 6.29 Å². The van der Waals surface area contributed by atoms with Crippen LogP contribution in [-0.2, 0) is 0 Å². The smallest absolute Gasteiger partial charge is 0.152 e. The van der Waals surface area contributed by atoms with Crippen molar-refractivity contribution in [2.45, 2.75) is 0 Å². The van der Waals surface area contributed by atoms with Crippen molar-refractivity contribution < 1.29 is 4.79 Å². The second-order valence-corrected chi connectivity index (χ2v) is 4.51. The Balaban J connectivity index is 2.28. The average molecular weight is 256 g/mol. The molecule has 0 aliphatic carbocycles. The quantitative estimate of drug-likeness (QED) is 0.633. The number of benzene rings is 1. The lowest BCUT2D eigenvalue weighted by Crippen LogP contribution is -1.83. The first-order chi connectivity index (χ1) is 8.79. The minimum atomic E-state index is 0.690. The molecule has 0 N–H and O–H groups in total. The number of aldehydes is 1. The summed E-state index contributed by atoms with van der Waals surface area (Å²) in [6.45, 7) is 0. The summed E-state index contributed by atoms with van der Waals surface area (Å²) in [6, 6.07) is 13.3. The lowest BCUT2D eigenvalue weighted by molar-refractivity contribution is 0.112. The second kappa shape index (κ2) is 4.31. The largest absolute Gasteiger partial charge is 0.322 e. The lowest BCUT2D eigenvalue weighted by atomic mass is 10.0. The van der Waals surface area contributed by atoms with Crippen LogP contribution in [0.1, 0.15) is 10.4 Å². The van der Waals surface area contributed by atoms with Crippen molar-refractivity contribution in [1.29, 1.82) is 0 Å². The van der Waals surface area contributed by atoms with Crippen LogP contribution in [0.4, 0.5) is 0 Å². The van der Waals surface area contributed by atoms with Gasteiger partial charge in [-0.15, -0.1) is 0 Å². The molecule has 0 bridgehead atoms. The molecular formula is C15H10ClNO. The van der Waals surface area contributed by atoms with Crippen LogP contribution < -0.4 is 0 Å². The molecule has 0 fully saturated rings. The summed E-state index contributed by atoms with van der Waals surface area (Å²) in [6.07, 6.45) is 4.79. The summed E-state index contributed by atoms with van der Waals surface area (Å²) in [5.74, 6) is 0. The van der Waals surface area contributed by atoms with Gasteiger partial charge >= 0.3 is 0 Å². The van der Waals surface area contributed by atoms with E-state index in [0.717, 1.165) is 22.9 Å². The first-order valence-corrected chi connectivity index (χ1v) is 5.98. The zero-order valence-electron chi connectivity index (χ0n) is 9.51. The molecule has 18 heavy (non-hydrogen) atoms. The summed E-state index contributed by atoms with van der Waals surface area (Å²) in [4.78, 5) is 11.3. The molecule has 0 atom stereocenters. The number of hydrogen-bond acceptors (Lipinski definition) is 1. The van der Waals surface area contributed by atoms with Crippen LogP contribution in [0.5, 0.6) is 0 Å². The van der Waals surface area contributed by atoms with E-state index < -0.39 is 0 Å². The van der Waals surface area contributed by atoms with Gasteiger partial charge in [0.05, 0.1) is 5.52 Å². The molecule has 0 unspecified atom stereocenters. The number of nitrogens with zero attached hydrogens (tertiary/aromatic N) is 1. The summed E-state index contributed by atoms with van der Waals surface area (Å²) in [7, 11) is 0. The Morgan fingerprint density at radius 3 is 2.56 bits per heavy atom. The van der Waals surface area contributed by atoms with Crippen LogP contribution in [0, 0.1) is 0 Å². The fourth-order valence-corrected chi connectivity index (χ4v) is 2.25. The number of pyridine rings is 1. The Morgan fingerprint density at radius 1 is 1.06 bits per heavy atom. The Labute approximate surface area is 109 Å². The molecule has 88 valence electrons. The first kappa shape index (κ1) is 11.1. The molecule has 2 aromatic heterocycles. The zero-order chi connectivity index (χ0) is 12.5. The fraction of sp³-hybridized carbons (Fsp3) is 0. The Morgan fingerprint density at radius 2 is 1.83 bits per heavy atom. The van der Waals surface area contributed by atoms with Crippen LogP contribution >= 0.6 is 11.6 Å². The number of rotatable bonds is 2. The van der Waals surface area contributed by atoms with Gasteiger partial charge in [0, 0.05) is 28.5 Å². The zero-order valence-corrected chi connectivity index (χ0v) is 10.3. The monoisotopic (exact) mass is 255 g/mol. The van der Waals surface area contributed by atoms with Crippen molar-refractivity contribution >= 4 is 23.4 Å². The Bertz CT molecular complexity index is 713. The van der Waals surface area contributed by atoms with Gasteiger partial charge in [-0.05, 0) is 29.8 Å². The minimum Gasteiger partial charge on any atom is -0.322 e. The normalized spacial score (nSPS) is 10.7. The molecule has 1 aromatic carbocycles. The molecule has 0 radical (unpaired) electrons. The molecule has 0 amide bonds. The van der Waals surface area contributed by atoms with E-state index in [1.54, 1.807) is 0 Å². The van der Waals surface area contributed by atoms with Gasteiger partial charge in [-0.25, -0.2) is 0 Å². The van der Waals surface area contributed by atoms with Crippen LogP contribution in [0.15, 0.2) is 54.9 Å². The van der Waals surface area contributed by atoms with E-state index in [0.29, 0.717) is 10.6 Å². The number of aromatic nitrogens is 1. The van der Waals surface area contributed by atoms with Gasteiger partial charge in [0.2, 0.25) is 0 Å². The van der Waals surface area contributed by atoms with Gasteiger partial charge < -0.3 is 4.40 Å². The number of carbonyl (C=O) groups excluding carboxylic acids is 1. The summed E-state index contributed by atoms with van der Waals surface area (Å²) in [5, 5.41) is 0.690. The number of carbonyl (C=O) groups is 1. The average Bonchev–Trinajstić information content (AvgIpc) is 2.78. The van der Waals surface area contributed by atoms with Gasteiger partial charge in [0.25, 0.3) is 0 Å². The Kier molecular flexibility index (Phi) is 2.65. The van der Waals surface area contributed by atoms with Crippen molar-refractivity contribution in [3.8, 4) is 11.1 Å². The predicted octanol–water partition coefficient (Wildman–Crippen LogP) is 4.07. The van der Waals surface area contributed by atoms with E-state index in [1.165, 1.54) is 0 Å².